The summed E-state index contributed by atoms with van der Waals surface area (Å²) < 4.78 is 5.56. The van der Waals surface area contributed by atoms with Crippen LogP contribution >= 0.6 is 0 Å². The number of nitrogens with one attached hydrogen (secondary N) is 1. The number of hydrogen-bond donors (Lipinski definition) is 2. The summed E-state index contributed by atoms with van der Waals surface area (Å²) in [5, 5.41) is 3.30. The Morgan fingerprint density at radius 2 is 1.83 bits per heavy atom. The highest BCUT2D eigenvalue weighted by atomic mass is 16.5. The molecular weight excluding hydrogens is 152 g/mol. The van der Waals surface area contributed by atoms with Gasteiger partial charge in [0.05, 0.1) is 12.2 Å². The summed E-state index contributed by atoms with van der Waals surface area (Å²) in [5.41, 5.74) is 5.54. The second-order valence-corrected chi connectivity index (χ2v) is 3.61. The van der Waals surface area contributed by atoms with Crippen LogP contribution in [0.25, 0.3) is 0 Å². The highest BCUT2D eigenvalue weighted by Gasteiger charge is 2.08. The van der Waals surface area contributed by atoms with Gasteiger partial charge in [0.1, 0.15) is 0 Å². The van der Waals surface area contributed by atoms with Crippen molar-refractivity contribution in [3.8, 4) is 0 Å². The lowest BCUT2D eigenvalue weighted by Gasteiger charge is -2.20. The van der Waals surface area contributed by atoms with Crippen LogP contribution in [0.2, 0.25) is 0 Å². The molecule has 0 aromatic heterocycles. The molecule has 0 aromatic rings. The highest BCUT2D eigenvalue weighted by Crippen LogP contribution is 1.95. The number of rotatable bonds is 6. The Labute approximate surface area is 75.7 Å². The summed E-state index contributed by atoms with van der Waals surface area (Å²) in [4.78, 5) is 0. The van der Waals surface area contributed by atoms with Gasteiger partial charge in [-0.1, -0.05) is 13.8 Å². The molecule has 1 unspecified atom stereocenters. The third-order valence-corrected chi connectivity index (χ3v) is 1.48. The summed E-state index contributed by atoms with van der Waals surface area (Å²) in [6, 6.07) is 0.495. The number of hydrogen-bond acceptors (Lipinski definition) is 3. The topological polar surface area (TPSA) is 47.3 Å². The Bertz CT molecular complexity index is 105. The van der Waals surface area contributed by atoms with Crippen LogP contribution in [0.4, 0.5) is 0 Å². The van der Waals surface area contributed by atoms with E-state index in [1.807, 2.05) is 13.8 Å². The van der Waals surface area contributed by atoms with Crippen molar-refractivity contribution in [3.63, 3.8) is 0 Å². The molecule has 1 atom stereocenters. The first-order valence-electron chi connectivity index (χ1n) is 4.65. The fraction of sp³-hybridized carbons (Fsp3) is 1.00. The van der Waals surface area contributed by atoms with Crippen molar-refractivity contribution in [2.45, 2.75) is 45.9 Å². The molecule has 0 radical (unpaired) electrons. The Hall–Kier alpha value is -0.120. The summed E-state index contributed by atoms with van der Waals surface area (Å²) >= 11 is 0. The molecular formula is C9H22N2O. The molecule has 0 heterocycles. The quantitative estimate of drug-likeness (QED) is 0.624. The Balaban J connectivity index is 3.53. The summed E-state index contributed by atoms with van der Waals surface area (Å²) in [5.74, 6) is 0. The van der Waals surface area contributed by atoms with Crippen molar-refractivity contribution in [2.24, 2.45) is 5.73 Å². The van der Waals surface area contributed by atoms with Gasteiger partial charge in [0.2, 0.25) is 0 Å². The Kier molecular flexibility index (Phi) is 6.34. The molecule has 0 spiro atoms. The molecule has 0 saturated heterocycles. The van der Waals surface area contributed by atoms with Crippen LogP contribution in [0.5, 0.6) is 0 Å². The molecule has 0 saturated carbocycles. The first-order valence-corrected chi connectivity index (χ1v) is 4.65. The predicted octanol–water partition coefficient (Wildman–Crippen LogP) is 0.737. The van der Waals surface area contributed by atoms with Gasteiger partial charge in [0.15, 0.2) is 0 Å². The van der Waals surface area contributed by atoms with Crippen LogP contribution in [0, 0.1) is 0 Å². The lowest BCUT2D eigenvalue weighted by atomic mass is 10.3. The zero-order valence-electron chi connectivity index (χ0n) is 8.63. The largest absolute Gasteiger partial charge is 0.373 e. The minimum Gasteiger partial charge on any atom is -0.373 e. The first kappa shape index (κ1) is 11.9. The molecule has 3 nitrogen and oxygen atoms in total. The fourth-order valence-corrected chi connectivity index (χ4v) is 0.939. The normalized spacial score (nSPS) is 14.2. The molecule has 74 valence electrons. The predicted molar refractivity (Wildman–Crippen MR) is 52.2 cm³/mol. The smallest absolute Gasteiger partial charge is 0.0824 e. The van der Waals surface area contributed by atoms with E-state index in [9.17, 15) is 0 Å². The van der Waals surface area contributed by atoms with Gasteiger partial charge in [-0.3, -0.25) is 0 Å². The van der Waals surface area contributed by atoms with Crippen LogP contribution in [0.1, 0.15) is 27.7 Å². The average Bonchev–Trinajstić information content (AvgIpc) is 1.97. The van der Waals surface area contributed by atoms with Crippen LogP contribution in [0.3, 0.4) is 0 Å². The van der Waals surface area contributed by atoms with Crippen molar-refractivity contribution in [3.05, 3.63) is 0 Å². The maximum atomic E-state index is 5.56. The van der Waals surface area contributed by atoms with Gasteiger partial charge in [-0.05, 0) is 13.8 Å². The maximum absolute atomic E-state index is 5.56. The van der Waals surface area contributed by atoms with Crippen LogP contribution in [-0.4, -0.2) is 31.3 Å². The minimum atomic E-state index is 0.146. The average molecular weight is 174 g/mol. The van der Waals surface area contributed by atoms with Crippen molar-refractivity contribution >= 4 is 0 Å². The van der Waals surface area contributed by atoms with Gasteiger partial charge in [-0.25, -0.2) is 0 Å². The minimum absolute atomic E-state index is 0.146. The SMILES string of the molecule is CC(C)NCC(CN)OC(C)C. The molecule has 0 rings (SSSR count). The second kappa shape index (κ2) is 6.40. The van der Waals surface area contributed by atoms with Gasteiger partial charge in [-0.2, -0.15) is 0 Å². The van der Waals surface area contributed by atoms with Crippen molar-refractivity contribution in [2.75, 3.05) is 13.1 Å². The van der Waals surface area contributed by atoms with Gasteiger partial charge in [0, 0.05) is 19.1 Å². The molecule has 0 amide bonds. The van der Waals surface area contributed by atoms with E-state index in [2.05, 4.69) is 19.2 Å². The van der Waals surface area contributed by atoms with Crippen LogP contribution in [-0.2, 0) is 4.74 Å². The third kappa shape index (κ3) is 6.58. The van der Waals surface area contributed by atoms with Gasteiger partial charge in [-0.15, -0.1) is 0 Å². The first-order chi connectivity index (χ1) is 5.56. The van der Waals surface area contributed by atoms with E-state index in [-0.39, 0.29) is 12.2 Å². The van der Waals surface area contributed by atoms with Crippen molar-refractivity contribution < 1.29 is 4.74 Å². The summed E-state index contributed by atoms with van der Waals surface area (Å²) in [6.45, 7) is 9.70. The van der Waals surface area contributed by atoms with E-state index in [4.69, 9.17) is 10.5 Å². The van der Waals surface area contributed by atoms with E-state index in [0.29, 0.717) is 12.6 Å². The molecule has 3 heteroatoms. The zero-order chi connectivity index (χ0) is 9.56. The third-order valence-electron chi connectivity index (χ3n) is 1.48. The lowest BCUT2D eigenvalue weighted by molar-refractivity contribution is 0.0130. The molecule has 0 aliphatic heterocycles. The van der Waals surface area contributed by atoms with Crippen LogP contribution < -0.4 is 11.1 Å². The van der Waals surface area contributed by atoms with Gasteiger partial charge < -0.3 is 15.8 Å². The number of nitrogens with two attached hydrogens (primary N) is 1. The second-order valence-electron chi connectivity index (χ2n) is 3.61. The Morgan fingerprint density at radius 3 is 2.17 bits per heavy atom. The van der Waals surface area contributed by atoms with E-state index in [0.717, 1.165) is 6.54 Å². The summed E-state index contributed by atoms with van der Waals surface area (Å²) in [7, 11) is 0. The van der Waals surface area contributed by atoms with E-state index in [1.54, 1.807) is 0 Å². The standard InChI is InChI=1S/C9H22N2O/c1-7(2)11-6-9(5-10)12-8(3)4/h7-9,11H,5-6,10H2,1-4H3. The highest BCUT2D eigenvalue weighted by molar-refractivity contribution is 4.65. The van der Waals surface area contributed by atoms with Crippen LogP contribution in [0.15, 0.2) is 0 Å². The Morgan fingerprint density at radius 1 is 1.25 bits per heavy atom. The zero-order valence-corrected chi connectivity index (χ0v) is 8.63. The van der Waals surface area contributed by atoms with Crippen molar-refractivity contribution in [1.82, 2.24) is 5.32 Å². The molecule has 12 heavy (non-hydrogen) atoms. The molecule has 0 aliphatic carbocycles. The van der Waals surface area contributed by atoms with Gasteiger partial charge >= 0.3 is 0 Å². The van der Waals surface area contributed by atoms with E-state index in [1.165, 1.54) is 0 Å². The van der Waals surface area contributed by atoms with E-state index >= 15 is 0 Å². The van der Waals surface area contributed by atoms with Crippen molar-refractivity contribution in [1.29, 1.82) is 0 Å². The fourth-order valence-electron chi connectivity index (χ4n) is 0.939. The molecule has 0 aliphatic rings. The molecule has 0 aromatic carbocycles. The maximum Gasteiger partial charge on any atom is 0.0824 e. The molecule has 0 fully saturated rings. The lowest BCUT2D eigenvalue weighted by Crippen LogP contribution is -2.39. The van der Waals surface area contributed by atoms with Gasteiger partial charge in [0.25, 0.3) is 0 Å². The monoisotopic (exact) mass is 174 g/mol. The number of ether oxygens (including phenoxy) is 1. The van der Waals surface area contributed by atoms with E-state index < -0.39 is 0 Å². The molecule has 0 bridgehead atoms. The summed E-state index contributed by atoms with van der Waals surface area (Å²) in [6.07, 6.45) is 0.403. The molecule has 3 N–H and O–H groups in total.